The second kappa shape index (κ2) is 10.3. The minimum atomic E-state index is -4.56. The predicted octanol–water partition coefficient (Wildman–Crippen LogP) is 7.77. The molecule has 1 aliphatic rings. The number of ether oxygens (including phenoxy) is 1. The first-order valence-electron chi connectivity index (χ1n) is 11.5. The van der Waals surface area contributed by atoms with Gasteiger partial charge in [-0.2, -0.15) is 13.2 Å². The largest absolute Gasteiger partial charge is 0.497 e. The lowest BCUT2D eigenvalue weighted by Crippen LogP contribution is -2.10. The Bertz CT molecular complexity index is 1380. The zero-order chi connectivity index (χ0) is 25.9. The van der Waals surface area contributed by atoms with Crippen LogP contribution in [0.25, 0.3) is 23.3 Å². The number of allylic oxidation sites excluding steroid dienone is 3. The normalized spacial score (nSPS) is 13.9. The van der Waals surface area contributed by atoms with Crippen LogP contribution in [-0.4, -0.2) is 18.2 Å². The highest BCUT2D eigenvalue weighted by atomic mass is 19.4. The van der Waals surface area contributed by atoms with Crippen LogP contribution in [0.2, 0.25) is 0 Å². The molecule has 0 aromatic heterocycles. The molecule has 0 spiro atoms. The van der Waals surface area contributed by atoms with Crippen LogP contribution in [0.3, 0.4) is 0 Å². The number of aliphatic carboxylic acids is 1. The van der Waals surface area contributed by atoms with Gasteiger partial charge in [0.2, 0.25) is 0 Å². The molecule has 0 amide bonds. The van der Waals surface area contributed by atoms with Gasteiger partial charge in [0.25, 0.3) is 0 Å². The molecule has 0 unspecified atom stereocenters. The summed E-state index contributed by atoms with van der Waals surface area (Å²) >= 11 is 0. The van der Waals surface area contributed by atoms with Crippen LogP contribution in [0.1, 0.15) is 46.7 Å². The summed E-state index contributed by atoms with van der Waals surface area (Å²) in [7, 11) is 1.35. The fourth-order valence-corrected chi connectivity index (χ4v) is 4.57. The summed E-state index contributed by atoms with van der Waals surface area (Å²) in [5.74, 6) is -0.911. The van der Waals surface area contributed by atoms with E-state index in [1.807, 2.05) is 49.4 Å². The van der Waals surface area contributed by atoms with Gasteiger partial charge in [-0.05, 0) is 75.6 Å². The van der Waals surface area contributed by atoms with E-state index in [1.165, 1.54) is 19.3 Å². The lowest BCUT2D eigenvalue weighted by Gasteiger charge is -2.21. The maximum atomic E-state index is 14.2. The van der Waals surface area contributed by atoms with Crippen LogP contribution in [-0.2, 0) is 17.4 Å². The van der Waals surface area contributed by atoms with Crippen LogP contribution < -0.4 is 4.74 Å². The first kappa shape index (κ1) is 25.0. The number of hydrogen-bond donors (Lipinski definition) is 1. The molecule has 1 N–H and O–H groups in total. The van der Waals surface area contributed by atoms with E-state index in [4.69, 9.17) is 9.84 Å². The molecule has 0 saturated carbocycles. The van der Waals surface area contributed by atoms with Crippen molar-refractivity contribution in [3.8, 4) is 5.75 Å². The topological polar surface area (TPSA) is 46.5 Å². The number of fused-ring (bicyclic) bond motifs is 1. The minimum Gasteiger partial charge on any atom is -0.497 e. The Morgan fingerprint density at radius 2 is 1.78 bits per heavy atom. The molecule has 6 heteroatoms. The summed E-state index contributed by atoms with van der Waals surface area (Å²) < 4.78 is 47.6. The van der Waals surface area contributed by atoms with Crippen LogP contribution in [0.5, 0.6) is 5.75 Å². The van der Waals surface area contributed by atoms with Crippen molar-refractivity contribution in [2.45, 2.75) is 25.9 Å². The van der Waals surface area contributed by atoms with Crippen LogP contribution in [0.15, 0.2) is 78.4 Å². The van der Waals surface area contributed by atoms with E-state index in [2.05, 4.69) is 0 Å². The number of halogens is 3. The lowest BCUT2D eigenvalue weighted by molar-refractivity contribution is -0.138. The number of carboxylic acid groups (broad SMARTS) is 1. The molecular weight excluding hydrogens is 465 g/mol. The van der Waals surface area contributed by atoms with Gasteiger partial charge in [0.05, 0.1) is 12.7 Å². The molecule has 0 heterocycles. The Labute approximate surface area is 207 Å². The van der Waals surface area contributed by atoms with Gasteiger partial charge < -0.3 is 9.84 Å². The molecule has 0 fully saturated rings. The maximum Gasteiger partial charge on any atom is 0.417 e. The van der Waals surface area contributed by atoms with Gasteiger partial charge in [-0.15, -0.1) is 0 Å². The molecule has 0 bridgehead atoms. The van der Waals surface area contributed by atoms with Gasteiger partial charge in [0, 0.05) is 6.08 Å². The van der Waals surface area contributed by atoms with Crippen LogP contribution >= 0.6 is 0 Å². The second-order valence-electron chi connectivity index (χ2n) is 8.46. The van der Waals surface area contributed by atoms with E-state index in [0.717, 1.165) is 40.0 Å². The molecule has 0 atom stereocenters. The fraction of sp³-hybridized carbons (Fsp3) is 0.167. The van der Waals surface area contributed by atoms with Crippen molar-refractivity contribution in [1.82, 2.24) is 0 Å². The van der Waals surface area contributed by atoms with Gasteiger partial charge in [0.1, 0.15) is 5.75 Å². The first-order valence-corrected chi connectivity index (χ1v) is 11.5. The number of alkyl halides is 3. The third-order valence-electron chi connectivity index (χ3n) is 6.22. The van der Waals surface area contributed by atoms with Crippen LogP contribution in [0, 0.1) is 0 Å². The third kappa shape index (κ3) is 5.28. The summed E-state index contributed by atoms with van der Waals surface area (Å²) in [6.07, 6.45) is 0.980. The molecule has 0 saturated heterocycles. The lowest BCUT2D eigenvalue weighted by atomic mass is 9.85. The monoisotopic (exact) mass is 490 g/mol. The molecule has 3 aromatic carbocycles. The molecule has 3 nitrogen and oxygen atoms in total. The number of carboxylic acids is 1. The van der Waals surface area contributed by atoms with Crippen molar-refractivity contribution >= 4 is 29.3 Å². The first-order chi connectivity index (χ1) is 17.2. The highest BCUT2D eigenvalue weighted by molar-refractivity contribution is 6.02. The molecule has 36 heavy (non-hydrogen) atoms. The van der Waals surface area contributed by atoms with Gasteiger partial charge >= 0.3 is 12.1 Å². The number of hydrogen-bond acceptors (Lipinski definition) is 2. The van der Waals surface area contributed by atoms with Crippen molar-refractivity contribution in [3.63, 3.8) is 0 Å². The van der Waals surface area contributed by atoms with Crippen molar-refractivity contribution in [2.24, 2.45) is 0 Å². The number of methoxy groups -OCH3 is 1. The Balaban J connectivity index is 1.94. The van der Waals surface area contributed by atoms with E-state index in [0.29, 0.717) is 24.0 Å². The Hall–Kier alpha value is -4.06. The standard InChI is InChI=1S/C30H25F3O3/c1-3-25(26-14-13-24(36-2)18-27(26)30(31,32)33)29(23-16-21-6-4-5-7-22(21)17-23)20-11-8-19(9-12-20)10-15-28(34)35/h4-16,18H,3,17H2,1-2H3,(H,34,35)/b15-10+,29-25+. The van der Waals surface area contributed by atoms with Gasteiger partial charge in [0.15, 0.2) is 0 Å². The van der Waals surface area contributed by atoms with Gasteiger partial charge in [-0.1, -0.05) is 67.6 Å². The van der Waals surface area contributed by atoms with E-state index in [-0.39, 0.29) is 11.3 Å². The fourth-order valence-electron chi connectivity index (χ4n) is 4.57. The number of benzene rings is 3. The van der Waals surface area contributed by atoms with Gasteiger partial charge in [-0.3, -0.25) is 0 Å². The highest BCUT2D eigenvalue weighted by Crippen LogP contribution is 2.44. The summed E-state index contributed by atoms with van der Waals surface area (Å²) in [5.41, 5.74) is 5.26. The molecule has 0 aliphatic heterocycles. The average molecular weight is 491 g/mol. The van der Waals surface area contributed by atoms with Gasteiger partial charge in [-0.25, -0.2) is 4.79 Å². The summed E-state index contributed by atoms with van der Waals surface area (Å²) in [6.45, 7) is 1.85. The summed E-state index contributed by atoms with van der Waals surface area (Å²) in [4.78, 5) is 10.9. The van der Waals surface area contributed by atoms with Crippen molar-refractivity contribution in [2.75, 3.05) is 7.11 Å². The minimum absolute atomic E-state index is 0.118. The summed E-state index contributed by atoms with van der Waals surface area (Å²) in [5, 5.41) is 8.90. The Morgan fingerprint density at radius 1 is 1.06 bits per heavy atom. The zero-order valence-electron chi connectivity index (χ0n) is 19.9. The molecule has 1 aliphatic carbocycles. The number of carbonyl (C=O) groups is 1. The smallest absolute Gasteiger partial charge is 0.417 e. The molecule has 184 valence electrons. The molecule has 4 rings (SSSR count). The highest BCUT2D eigenvalue weighted by Gasteiger charge is 2.35. The zero-order valence-corrected chi connectivity index (χ0v) is 19.9. The van der Waals surface area contributed by atoms with E-state index in [1.54, 1.807) is 18.2 Å². The Kier molecular flexibility index (Phi) is 7.15. The number of rotatable bonds is 7. The van der Waals surface area contributed by atoms with Crippen LogP contribution in [0.4, 0.5) is 13.2 Å². The Morgan fingerprint density at radius 3 is 2.39 bits per heavy atom. The quantitative estimate of drug-likeness (QED) is 0.272. The van der Waals surface area contributed by atoms with E-state index < -0.39 is 17.7 Å². The SMILES string of the molecule is CC/C(=C(\C1=Cc2ccccc2C1)c1ccc(/C=C/C(=O)O)cc1)c1ccc(OC)cc1C(F)(F)F. The van der Waals surface area contributed by atoms with E-state index >= 15 is 0 Å². The van der Waals surface area contributed by atoms with Crippen molar-refractivity contribution in [1.29, 1.82) is 0 Å². The average Bonchev–Trinajstić information content (AvgIpc) is 3.29. The molecular formula is C30H25F3O3. The summed E-state index contributed by atoms with van der Waals surface area (Å²) in [6, 6.07) is 19.2. The predicted molar refractivity (Wildman–Crippen MR) is 136 cm³/mol. The molecule has 0 radical (unpaired) electrons. The third-order valence-corrected chi connectivity index (χ3v) is 6.22. The van der Waals surface area contributed by atoms with Crippen molar-refractivity contribution < 1.29 is 27.8 Å². The van der Waals surface area contributed by atoms with Crippen molar-refractivity contribution in [3.05, 3.63) is 112 Å². The maximum absolute atomic E-state index is 14.2. The second-order valence-corrected chi connectivity index (χ2v) is 8.46. The van der Waals surface area contributed by atoms with E-state index in [9.17, 15) is 18.0 Å². The molecule has 3 aromatic rings.